The minimum Gasteiger partial charge on any atom is -0.372 e. The van der Waals surface area contributed by atoms with Crippen molar-refractivity contribution in [3.63, 3.8) is 0 Å². The molecule has 1 aliphatic heterocycles. The van der Waals surface area contributed by atoms with Crippen LogP contribution in [0.1, 0.15) is 33.2 Å². The van der Waals surface area contributed by atoms with E-state index < -0.39 is 0 Å². The molecule has 1 aromatic heterocycles. The highest BCUT2D eigenvalue weighted by Gasteiger charge is 2.19. The van der Waals surface area contributed by atoms with Gasteiger partial charge >= 0.3 is 0 Å². The van der Waals surface area contributed by atoms with Crippen molar-refractivity contribution in [2.45, 2.75) is 26.2 Å². The Morgan fingerprint density at radius 2 is 2.11 bits per heavy atom. The Morgan fingerprint density at radius 3 is 2.83 bits per heavy atom. The van der Waals surface area contributed by atoms with E-state index >= 15 is 0 Å². The SMILES string of the molecule is Cc1ccsc1C(NN)c1ccc2c(c1)COC2. The van der Waals surface area contributed by atoms with Gasteiger partial charge in [-0.1, -0.05) is 18.2 Å². The van der Waals surface area contributed by atoms with Gasteiger partial charge in [0.2, 0.25) is 0 Å². The summed E-state index contributed by atoms with van der Waals surface area (Å²) in [6.45, 7) is 3.56. The highest BCUT2D eigenvalue weighted by Crippen LogP contribution is 2.31. The molecule has 0 saturated heterocycles. The smallest absolute Gasteiger partial charge is 0.0805 e. The highest BCUT2D eigenvalue weighted by molar-refractivity contribution is 7.10. The Kier molecular flexibility index (Phi) is 3.18. The van der Waals surface area contributed by atoms with E-state index in [-0.39, 0.29) is 6.04 Å². The summed E-state index contributed by atoms with van der Waals surface area (Å²) in [6.07, 6.45) is 0. The van der Waals surface area contributed by atoms with E-state index in [2.05, 4.69) is 42.0 Å². The Labute approximate surface area is 111 Å². The summed E-state index contributed by atoms with van der Waals surface area (Å²) in [5, 5.41) is 2.10. The molecule has 3 N–H and O–H groups in total. The molecule has 0 bridgehead atoms. The van der Waals surface area contributed by atoms with Crippen LogP contribution in [0.2, 0.25) is 0 Å². The van der Waals surface area contributed by atoms with Gasteiger partial charge in [-0.05, 0) is 40.6 Å². The van der Waals surface area contributed by atoms with Crippen LogP contribution < -0.4 is 11.3 Å². The molecule has 0 fully saturated rings. The minimum absolute atomic E-state index is 0.0656. The maximum atomic E-state index is 5.74. The summed E-state index contributed by atoms with van der Waals surface area (Å²) >= 11 is 1.74. The van der Waals surface area contributed by atoms with Crippen molar-refractivity contribution >= 4 is 11.3 Å². The zero-order chi connectivity index (χ0) is 12.5. The van der Waals surface area contributed by atoms with Crippen molar-refractivity contribution in [2.75, 3.05) is 0 Å². The molecule has 94 valence electrons. The van der Waals surface area contributed by atoms with Gasteiger partial charge in [0.25, 0.3) is 0 Å². The number of benzene rings is 1. The zero-order valence-electron chi connectivity index (χ0n) is 10.3. The fourth-order valence-corrected chi connectivity index (χ4v) is 3.39. The maximum absolute atomic E-state index is 5.74. The number of hydrogen-bond donors (Lipinski definition) is 2. The molecule has 4 heteroatoms. The second-order valence-electron chi connectivity index (χ2n) is 4.59. The number of ether oxygens (including phenoxy) is 1. The van der Waals surface area contributed by atoms with Crippen molar-refractivity contribution in [1.82, 2.24) is 5.43 Å². The molecular formula is C14H16N2OS. The predicted molar refractivity (Wildman–Crippen MR) is 73.2 cm³/mol. The van der Waals surface area contributed by atoms with Crippen molar-refractivity contribution in [3.8, 4) is 0 Å². The first-order valence-corrected chi connectivity index (χ1v) is 6.87. The van der Waals surface area contributed by atoms with Crippen LogP contribution in [0.3, 0.4) is 0 Å². The number of aryl methyl sites for hydroxylation is 1. The Balaban J connectivity index is 2.00. The molecule has 0 saturated carbocycles. The number of hydrogen-bond acceptors (Lipinski definition) is 4. The third kappa shape index (κ3) is 1.97. The average Bonchev–Trinajstić information content (AvgIpc) is 2.99. The predicted octanol–water partition coefficient (Wildman–Crippen LogP) is 2.64. The van der Waals surface area contributed by atoms with Crippen LogP contribution in [0.25, 0.3) is 0 Å². The molecule has 2 heterocycles. The first kappa shape index (κ1) is 11.9. The van der Waals surface area contributed by atoms with Crippen molar-refractivity contribution in [2.24, 2.45) is 5.84 Å². The molecule has 0 amide bonds. The molecule has 3 rings (SSSR count). The lowest BCUT2D eigenvalue weighted by Gasteiger charge is -2.17. The molecule has 0 aliphatic carbocycles. The topological polar surface area (TPSA) is 47.3 Å². The second kappa shape index (κ2) is 4.82. The van der Waals surface area contributed by atoms with E-state index in [1.165, 1.54) is 27.1 Å². The van der Waals surface area contributed by atoms with Gasteiger partial charge in [0, 0.05) is 4.88 Å². The lowest BCUT2D eigenvalue weighted by atomic mass is 9.99. The monoisotopic (exact) mass is 260 g/mol. The van der Waals surface area contributed by atoms with Gasteiger partial charge in [0.15, 0.2) is 0 Å². The van der Waals surface area contributed by atoms with E-state index in [4.69, 9.17) is 10.6 Å². The van der Waals surface area contributed by atoms with E-state index in [1.807, 2.05) is 0 Å². The quantitative estimate of drug-likeness (QED) is 0.659. The lowest BCUT2D eigenvalue weighted by molar-refractivity contribution is 0.134. The van der Waals surface area contributed by atoms with Gasteiger partial charge in [-0.3, -0.25) is 5.84 Å². The van der Waals surface area contributed by atoms with Crippen LogP contribution in [-0.4, -0.2) is 0 Å². The average molecular weight is 260 g/mol. The van der Waals surface area contributed by atoms with Gasteiger partial charge in [0.05, 0.1) is 19.3 Å². The third-order valence-corrected chi connectivity index (χ3v) is 4.49. The van der Waals surface area contributed by atoms with Crippen LogP contribution >= 0.6 is 11.3 Å². The van der Waals surface area contributed by atoms with E-state index in [1.54, 1.807) is 11.3 Å². The summed E-state index contributed by atoms with van der Waals surface area (Å²) in [4.78, 5) is 1.27. The molecule has 3 nitrogen and oxygen atoms in total. The van der Waals surface area contributed by atoms with E-state index in [0.29, 0.717) is 6.61 Å². The number of hydrazine groups is 1. The molecule has 1 atom stereocenters. The largest absolute Gasteiger partial charge is 0.372 e. The van der Waals surface area contributed by atoms with Gasteiger partial charge in [-0.15, -0.1) is 11.3 Å². The molecular weight excluding hydrogens is 244 g/mol. The van der Waals surface area contributed by atoms with Crippen LogP contribution in [0.15, 0.2) is 29.6 Å². The van der Waals surface area contributed by atoms with Crippen LogP contribution in [0, 0.1) is 6.92 Å². The zero-order valence-corrected chi connectivity index (χ0v) is 11.1. The third-order valence-electron chi connectivity index (χ3n) is 3.41. The summed E-state index contributed by atoms with van der Waals surface area (Å²) < 4.78 is 5.45. The fourth-order valence-electron chi connectivity index (χ4n) is 2.37. The first-order valence-electron chi connectivity index (χ1n) is 5.99. The number of thiophene rings is 1. The molecule has 18 heavy (non-hydrogen) atoms. The fraction of sp³-hybridized carbons (Fsp3) is 0.286. The van der Waals surface area contributed by atoms with Gasteiger partial charge in [0.1, 0.15) is 0 Å². The summed E-state index contributed by atoms with van der Waals surface area (Å²) in [6, 6.07) is 8.67. The van der Waals surface area contributed by atoms with Gasteiger partial charge in [-0.2, -0.15) is 0 Å². The Morgan fingerprint density at radius 1 is 1.28 bits per heavy atom. The summed E-state index contributed by atoms with van der Waals surface area (Å²) in [5.41, 5.74) is 7.97. The van der Waals surface area contributed by atoms with Crippen LogP contribution in [-0.2, 0) is 18.0 Å². The van der Waals surface area contributed by atoms with Gasteiger partial charge < -0.3 is 4.74 Å². The molecule has 2 aromatic rings. The minimum atomic E-state index is 0.0656. The van der Waals surface area contributed by atoms with Crippen LogP contribution in [0.5, 0.6) is 0 Å². The normalized spacial score (nSPS) is 15.7. The number of fused-ring (bicyclic) bond motifs is 1. The Bertz CT molecular complexity index is 565. The lowest BCUT2D eigenvalue weighted by Crippen LogP contribution is -2.28. The number of nitrogens with one attached hydrogen (secondary N) is 1. The Hall–Kier alpha value is -1.20. The molecule has 0 radical (unpaired) electrons. The molecule has 1 unspecified atom stereocenters. The van der Waals surface area contributed by atoms with E-state index in [0.717, 1.165) is 6.61 Å². The molecule has 1 aromatic carbocycles. The second-order valence-corrected chi connectivity index (χ2v) is 5.54. The van der Waals surface area contributed by atoms with Crippen molar-refractivity contribution in [1.29, 1.82) is 0 Å². The summed E-state index contributed by atoms with van der Waals surface area (Å²) in [5.74, 6) is 5.74. The summed E-state index contributed by atoms with van der Waals surface area (Å²) in [7, 11) is 0. The molecule has 0 spiro atoms. The standard InChI is InChI=1S/C14H16N2OS/c1-9-4-5-18-14(9)13(16-15)10-2-3-11-7-17-8-12(11)6-10/h2-6,13,16H,7-8,15H2,1H3. The van der Waals surface area contributed by atoms with E-state index in [9.17, 15) is 0 Å². The van der Waals surface area contributed by atoms with Crippen molar-refractivity contribution < 1.29 is 4.74 Å². The maximum Gasteiger partial charge on any atom is 0.0805 e. The van der Waals surface area contributed by atoms with Crippen LogP contribution in [0.4, 0.5) is 0 Å². The highest BCUT2D eigenvalue weighted by atomic mass is 32.1. The first-order chi connectivity index (χ1) is 8.79. The van der Waals surface area contributed by atoms with Crippen molar-refractivity contribution in [3.05, 3.63) is 56.8 Å². The molecule has 1 aliphatic rings. The number of rotatable bonds is 3. The number of nitrogens with two attached hydrogens (primary N) is 1. The van der Waals surface area contributed by atoms with Gasteiger partial charge in [-0.25, -0.2) is 5.43 Å².